The van der Waals surface area contributed by atoms with Crippen molar-refractivity contribution in [2.45, 2.75) is 6.92 Å². The highest BCUT2D eigenvalue weighted by molar-refractivity contribution is 6.38. The molecule has 1 amide bonds. The first-order valence-electron chi connectivity index (χ1n) is 7.76. The van der Waals surface area contributed by atoms with Gasteiger partial charge in [-0.3, -0.25) is 9.69 Å². The summed E-state index contributed by atoms with van der Waals surface area (Å²) in [7, 11) is 1.92. The average Bonchev–Trinajstić information content (AvgIpc) is 2.84. The summed E-state index contributed by atoms with van der Waals surface area (Å²) < 4.78 is 7.22. The fraction of sp³-hybridized carbons (Fsp3) is 0.500. The van der Waals surface area contributed by atoms with E-state index in [1.54, 1.807) is 6.20 Å². The average molecular weight is 337 g/mol. The summed E-state index contributed by atoms with van der Waals surface area (Å²) in [5.41, 5.74) is 2.23. The lowest BCUT2D eigenvalue weighted by molar-refractivity contribution is 0.0383. The Morgan fingerprint density at radius 2 is 2.17 bits per heavy atom. The van der Waals surface area contributed by atoms with E-state index in [-0.39, 0.29) is 5.91 Å². The van der Waals surface area contributed by atoms with Gasteiger partial charge in [0, 0.05) is 51.0 Å². The molecule has 0 radical (unpaired) electrons. The van der Waals surface area contributed by atoms with Gasteiger partial charge in [-0.2, -0.15) is 0 Å². The van der Waals surface area contributed by atoms with E-state index < -0.39 is 0 Å². The predicted molar refractivity (Wildman–Crippen MR) is 90.1 cm³/mol. The van der Waals surface area contributed by atoms with E-state index in [2.05, 4.69) is 15.2 Å². The number of carbonyl (C=O) groups excluding carboxylic acids is 1. The molecule has 0 saturated carbocycles. The standard InChI is InChI=1S/C16H21ClN4O2/c1-11-10-20(2)15-13(11)14(17)12(9-19-15)16(22)18-3-4-21-5-7-23-8-6-21/h9-10H,3-8H2,1-2H3,(H,18,22). The number of hydrogen-bond donors (Lipinski definition) is 1. The summed E-state index contributed by atoms with van der Waals surface area (Å²) in [4.78, 5) is 19.0. The highest BCUT2D eigenvalue weighted by atomic mass is 35.5. The van der Waals surface area contributed by atoms with Crippen LogP contribution in [0.3, 0.4) is 0 Å². The molecule has 1 saturated heterocycles. The molecule has 3 heterocycles. The third-order valence-corrected chi connectivity index (χ3v) is 4.57. The van der Waals surface area contributed by atoms with Gasteiger partial charge in [-0.05, 0) is 12.5 Å². The van der Waals surface area contributed by atoms with E-state index in [4.69, 9.17) is 16.3 Å². The zero-order valence-electron chi connectivity index (χ0n) is 13.4. The lowest BCUT2D eigenvalue weighted by Crippen LogP contribution is -2.41. The van der Waals surface area contributed by atoms with Crippen molar-refractivity contribution in [1.82, 2.24) is 19.8 Å². The maximum Gasteiger partial charge on any atom is 0.254 e. The maximum atomic E-state index is 12.4. The number of aromatic nitrogens is 2. The summed E-state index contributed by atoms with van der Waals surface area (Å²) >= 11 is 6.44. The van der Waals surface area contributed by atoms with Gasteiger partial charge in [-0.15, -0.1) is 0 Å². The van der Waals surface area contributed by atoms with E-state index >= 15 is 0 Å². The Morgan fingerprint density at radius 1 is 1.43 bits per heavy atom. The number of nitrogens with zero attached hydrogens (tertiary/aromatic N) is 3. The van der Waals surface area contributed by atoms with Crippen LogP contribution < -0.4 is 5.32 Å². The zero-order valence-corrected chi connectivity index (χ0v) is 14.2. The second-order valence-electron chi connectivity index (χ2n) is 5.82. The van der Waals surface area contributed by atoms with Crippen molar-refractivity contribution in [3.8, 4) is 0 Å². The van der Waals surface area contributed by atoms with Crippen molar-refractivity contribution in [3.05, 3.63) is 28.5 Å². The van der Waals surface area contributed by atoms with E-state index in [1.165, 1.54) is 0 Å². The minimum atomic E-state index is -0.180. The van der Waals surface area contributed by atoms with Crippen LogP contribution >= 0.6 is 11.6 Å². The molecule has 6 nitrogen and oxygen atoms in total. The van der Waals surface area contributed by atoms with Crippen molar-refractivity contribution in [2.24, 2.45) is 7.05 Å². The number of amides is 1. The highest BCUT2D eigenvalue weighted by Crippen LogP contribution is 2.29. The molecule has 3 rings (SSSR count). The molecule has 1 aliphatic heterocycles. The molecule has 1 fully saturated rings. The number of morpholine rings is 1. The summed E-state index contributed by atoms with van der Waals surface area (Å²) in [5.74, 6) is -0.180. The Balaban J connectivity index is 1.68. The highest BCUT2D eigenvalue weighted by Gasteiger charge is 2.17. The van der Waals surface area contributed by atoms with Crippen LogP contribution in [-0.2, 0) is 11.8 Å². The largest absolute Gasteiger partial charge is 0.379 e. The summed E-state index contributed by atoms with van der Waals surface area (Å²) in [6, 6.07) is 0. The fourth-order valence-electron chi connectivity index (χ4n) is 2.92. The number of nitrogens with one attached hydrogen (secondary N) is 1. The molecule has 0 aromatic carbocycles. The number of ether oxygens (including phenoxy) is 1. The van der Waals surface area contributed by atoms with Gasteiger partial charge in [0.05, 0.1) is 23.8 Å². The molecule has 2 aromatic rings. The predicted octanol–water partition coefficient (Wildman–Crippen LogP) is 1.60. The zero-order chi connectivity index (χ0) is 16.4. The number of fused-ring (bicyclic) bond motifs is 1. The molecular weight excluding hydrogens is 316 g/mol. The number of carbonyl (C=O) groups is 1. The first kappa shape index (κ1) is 16.2. The monoisotopic (exact) mass is 336 g/mol. The maximum absolute atomic E-state index is 12.4. The Morgan fingerprint density at radius 3 is 2.91 bits per heavy atom. The number of rotatable bonds is 4. The third kappa shape index (κ3) is 3.34. The molecule has 124 valence electrons. The summed E-state index contributed by atoms with van der Waals surface area (Å²) in [5, 5.41) is 4.24. The van der Waals surface area contributed by atoms with E-state index in [0.29, 0.717) is 17.1 Å². The van der Waals surface area contributed by atoms with Crippen LogP contribution in [0.4, 0.5) is 0 Å². The molecule has 0 bridgehead atoms. The first-order valence-corrected chi connectivity index (χ1v) is 8.14. The van der Waals surface area contributed by atoms with Crippen LogP contribution in [-0.4, -0.2) is 59.8 Å². The molecule has 0 aliphatic carbocycles. The van der Waals surface area contributed by atoms with Crippen LogP contribution in [0.1, 0.15) is 15.9 Å². The third-order valence-electron chi connectivity index (χ3n) is 4.17. The Labute approximate surface area is 140 Å². The van der Waals surface area contributed by atoms with Crippen LogP contribution in [0, 0.1) is 6.92 Å². The van der Waals surface area contributed by atoms with Gasteiger partial charge in [0.15, 0.2) is 0 Å². The summed E-state index contributed by atoms with van der Waals surface area (Å²) in [6.07, 6.45) is 3.51. The smallest absolute Gasteiger partial charge is 0.254 e. The molecule has 0 spiro atoms. The molecule has 23 heavy (non-hydrogen) atoms. The van der Waals surface area contributed by atoms with Crippen molar-refractivity contribution in [3.63, 3.8) is 0 Å². The second kappa shape index (κ2) is 6.86. The fourth-order valence-corrected chi connectivity index (χ4v) is 3.29. The van der Waals surface area contributed by atoms with Crippen LogP contribution in [0.5, 0.6) is 0 Å². The SMILES string of the molecule is Cc1cn(C)c2ncc(C(=O)NCCN3CCOCC3)c(Cl)c12. The topological polar surface area (TPSA) is 59.4 Å². The van der Waals surface area contributed by atoms with Crippen LogP contribution in [0.15, 0.2) is 12.4 Å². The molecule has 2 aromatic heterocycles. The van der Waals surface area contributed by atoms with Gasteiger partial charge in [0.2, 0.25) is 0 Å². The number of hydrogen-bond acceptors (Lipinski definition) is 4. The normalized spacial score (nSPS) is 16.0. The quantitative estimate of drug-likeness (QED) is 0.921. The Hall–Kier alpha value is -1.63. The van der Waals surface area contributed by atoms with E-state index in [9.17, 15) is 4.79 Å². The summed E-state index contributed by atoms with van der Waals surface area (Å²) in [6.45, 7) is 6.70. The Kier molecular flexibility index (Phi) is 4.84. The van der Waals surface area contributed by atoms with Gasteiger partial charge < -0.3 is 14.6 Å². The van der Waals surface area contributed by atoms with Gasteiger partial charge in [0.25, 0.3) is 5.91 Å². The van der Waals surface area contributed by atoms with Gasteiger partial charge in [-0.1, -0.05) is 11.6 Å². The minimum absolute atomic E-state index is 0.180. The van der Waals surface area contributed by atoms with Crippen molar-refractivity contribution >= 4 is 28.5 Å². The Bertz CT molecular complexity index is 722. The number of aryl methyl sites for hydroxylation is 2. The minimum Gasteiger partial charge on any atom is -0.379 e. The molecule has 0 unspecified atom stereocenters. The van der Waals surface area contributed by atoms with Crippen molar-refractivity contribution < 1.29 is 9.53 Å². The first-order chi connectivity index (χ1) is 11.1. The van der Waals surface area contributed by atoms with Crippen molar-refractivity contribution in [2.75, 3.05) is 39.4 Å². The van der Waals surface area contributed by atoms with Crippen LogP contribution in [0.25, 0.3) is 11.0 Å². The number of halogens is 1. The number of pyridine rings is 1. The molecule has 1 aliphatic rings. The van der Waals surface area contributed by atoms with Gasteiger partial charge in [-0.25, -0.2) is 4.98 Å². The lowest BCUT2D eigenvalue weighted by atomic mass is 10.1. The molecule has 0 atom stereocenters. The molecule has 1 N–H and O–H groups in total. The molecular formula is C16H21ClN4O2. The van der Waals surface area contributed by atoms with Crippen molar-refractivity contribution in [1.29, 1.82) is 0 Å². The van der Waals surface area contributed by atoms with E-state index in [0.717, 1.165) is 49.4 Å². The second-order valence-corrected chi connectivity index (χ2v) is 6.20. The molecule has 7 heteroatoms. The lowest BCUT2D eigenvalue weighted by Gasteiger charge is -2.26. The van der Waals surface area contributed by atoms with E-state index in [1.807, 2.05) is 24.7 Å². The van der Waals surface area contributed by atoms with Gasteiger partial charge in [0.1, 0.15) is 5.65 Å². The van der Waals surface area contributed by atoms with Crippen LogP contribution in [0.2, 0.25) is 5.02 Å². The van der Waals surface area contributed by atoms with Gasteiger partial charge >= 0.3 is 0 Å².